The van der Waals surface area contributed by atoms with Crippen LogP contribution in [0.15, 0.2) is 64.0 Å². The van der Waals surface area contributed by atoms with E-state index >= 15 is 0 Å². The quantitative estimate of drug-likeness (QED) is 0.634. The number of hydrogen-bond acceptors (Lipinski definition) is 4. The molecule has 6 heteroatoms. The van der Waals surface area contributed by atoms with Crippen molar-refractivity contribution in [2.75, 3.05) is 6.61 Å². The molecule has 0 bridgehead atoms. The van der Waals surface area contributed by atoms with Gasteiger partial charge in [-0.1, -0.05) is 34.1 Å². The first-order valence-corrected chi connectivity index (χ1v) is 8.35. The standard InChI is InChI=1S/C19H13BrN2O3/c20-15-6-4-13(5-7-15)8-10-25-19(24)16-11-14(12-21)18(23)22-9-2-1-3-17(16)22/h1-7,9,11H,8,10H2. The highest BCUT2D eigenvalue weighted by molar-refractivity contribution is 9.10. The third kappa shape index (κ3) is 3.62. The van der Waals surface area contributed by atoms with E-state index in [2.05, 4.69) is 15.9 Å². The highest BCUT2D eigenvalue weighted by Crippen LogP contribution is 2.14. The van der Waals surface area contributed by atoms with Gasteiger partial charge in [-0.25, -0.2) is 4.79 Å². The zero-order chi connectivity index (χ0) is 17.8. The van der Waals surface area contributed by atoms with Gasteiger partial charge in [-0.3, -0.25) is 9.20 Å². The maximum atomic E-state index is 12.4. The molecule has 0 spiro atoms. The van der Waals surface area contributed by atoms with Gasteiger partial charge in [0.15, 0.2) is 0 Å². The second kappa shape index (κ2) is 7.32. The molecule has 0 aliphatic heterocycles. The van der Waals surface area contributed by atoms with E-state index in [1.807, 2.05) is 30.3 Å². The van der Waals surface area contributed by atoms with E-state index in [0.717, 1.165) is 10.0 Å². The Morgan fingerprint density at radius 1 is 1.20 bits per heavy atom. The monoisotopic (exact) mass is 396 g/mol. The summed E-state index contributed by atoms with van der Waals surface area (Å²) in [5.74, 6) is -0.558. The first-order valence-electron chi connectivity index (χ1n) is 7.56. The van der Waals surface area contributed by atoms with Crippen molar-refractivity contribution in [2.24, 2.45) is 0 Å². The Bertz CT molecular complexity index is 1030. The third-order valence-electron chi connectivity index (χ3n) is 3.75. The molecule has 3 aromatic rings. The Balaban J connectivity index is 1.82. The number of hydrogen-bond donors (Lipinski definition) is 0. The second-order valence-corrected chi connectivity index (χ2v) is 6.27. The van der Waals surface area contributed by atoms with E-state index in [1.54, 1.807) is 18.2 Å². The fourth-order valence-electron chi connectivity index (χ4n) is 2.48. The molecule has 0 aliphatic carbocycles. The van der Waals surface area contributed by atoms with Crippen LogP contribution in [0.4, 0.5) is 0 Å². The lowest BCUT2D eigenvalue weighted by Crippen LogP contribution is -2.20. The minimum absolute atomic E-state index is 0.0939. The van der Waals surface area contributed by atoms with Crippen molar-refractivity contribution in [3.63, 3.8) is 0 Å². The molecular formula is C19H13BrN2O3. The molecule has 1 aromatic carbocycles. The lowest BCUT2D eigenvalue weighted by atomic mass is 10.1. The second-order valence-electron chi connectivity index (χ2n) is 5.36. The molecule has 124 valence electrons. The van der Waals surface area contributed by atoms with Crippen LogP contribution in [-0.4, -0.2) is 17.0 Å². The van der Waals surface area contributed by atoms with Gasteiger partial charge in [0.1, 0.15) is 11.6 Å². The first kappa shape index (κ1) is 16.9. The maximum absolute atomic E-state index is 12.4. The number of fused-ring (bicyclic) bond motifs is 1. The summed E-state index contributed by atoms with van der Waals surface area (Å²) in [4.78, 5) is 24.6. The van der Waals surface area contributed by atoms with Crippen LogP contribution in [0.1, 0.15) is 21.5 Å². The van der Waals surface area contributed by atoms with Crippen LogP contribution in [0, 0.1) is 11.3 Å². The molecule has 0 saturated carbocycles. The van der Waals surface area contributed by atoms with E-state index < -0.39 is 11.5 Å². The lowest BCUT2D eigenvalue weighted by molar-refractivity contribution is 0.0511. The van der Waals surface area contributed by atoms with Crippen molar-refractivity contribution in [1.29, 1.82) is 5.26 Å². The number of nitrogens with zero attached hydrogens (tertiary/aromatic N) is 2. The Morgan fingerprint density at radius 3 is 2.68 bits per heavy atom. The SMILES string of the molecule is N#Cc1cc(C(=O)OCCc2ccc(Br)cc2)c2ccccn2c1=O. The van der Waals surface area contributed by atoms with Crippen LogP contribution in [0.3, 0.4) is 0 Å². The molecule has 0 atom stereocenters. The Labute approximate surface area is 152 Å². The van der Waals surface area contributed by atoms with Crippen molar-refractivity contribution < 1.29 is 9.53 Å². The summed E-state index contributed by atoms with van der Waals surface area (Å²) in [7, 11) is 0. The zero-order valence-corrected chi connectivity index (χ0v) is 14.7. The van der Waals surface area contributed by atoms with Gasteiger partial charge in [-0.2, -0.15) is 5.26 Å². The third-order valence-corrected chi connectivity index (χ3v) is 4.28. The molecule has 0 N–H and O–H groups in total. The summed E-state index contributed by atoms with van der Waals surface area (Å²) in [6.45, 7) is 0.209. The number of benzene rings is 1. The molecule has 2 heterocycles. The molecule has 3 rings (SSSR count). The van der Waals surface area contributed by atoms with Gasteiger partial charge in [0.05, 0.1) is 17.7 Å². The summed E-state index contributed by atoms with van der Waals surface area (Å²) in [6, 6.07) is 15.9. The molecule has 5 nitrogen and oxygen atoms in total. The predicted molar refractivity (Wildman–Crippen MR) is 96.5 cm³/mol. The lowest BCUT2D eigenvalue weighted by Gasteiger charge is -2.09. The van der Waals surface area contributed by atoms with E-state index in [1.165, 1.54) is 16.7 Å². The number of esters is 1. The van der Waals surface area contributed by atoms with Crippen LogP contribution in [0.2, 0.25) is 0 Å². The highest BCUT2D eigenvalue weighted by atomic mass is 79.9. The summed E-state index contributed by atoms with van der Waals surface area (Å²) < 4.78 is 7.60. The van der Waals surface area contributed by atoms with E-state index in [0.29, 0.717) is 11.9 Å². The Hall–Kier alpha value is -2.91. The van der Waals surface area contributed by atoms with Gasteiger partial charge in [0, 0.05) is 17.1 Å². The average Bonchev–Trinajstić information content (AvgIpc) is 2.64. The number of rotatable bonds is 4. The first-order chi connectivity index (χ1) is 12.1. The Kier molecular flexibility index (Phi) is 4.96. The average molecular weight is 397 g/mol. The molecule has 0 amide bonds. The van der Waals surface area contributed by atoms with E-state index in [9.17, 15) is 9.59 Å². The largest absolute Gasteiger partial charge is 0.462 e. The summed E-state index contributed by atoms with van der Waals surface area (Å²) in [5.41, 5.74) is 1.11. The smallest absolute Gasteiger partial charge is 0.340 e. The van der Waals surface area contributed by atoms with E-state index in [-0.39, 0.29) is 17.7 Å². The fourth-order valence-corrected chi connectivity index (χ4v) is 2.75. The number of ether oxygens (including phenoxy) is 1. The molecule has 0 saturated heterocycles. The summed E-state index contributed by atoms with van der Waals surface area (Å²) >= 11 is 3.37. The van der Waals surface area contributed by atoms with Crippen molar-refractivity contribution >= 4 is 27.4 Å². The van der Waals surface area contributed by atoms with Gasteiger partial charge in [-0.05, 0) is 35.9 Å². The zero-order valence-electron chi connectivity index (χ0n) is 13.1. The van der Waals surface area contributed by atoms with Gasteiger partial charge in [0.2, 0.25) is 0 Å². The highest BCUT2D eigenvalue weighted by Gasteiger charge is 2.16. The van der Waals surface area contributed by atoms with Crippen molar-refractivity contribution in [3.8, 4) is 6.07 Å². The summed E-state index contributed by atoms with van der Waals surface area (Å²) in [5, 5.41) is 9.11. The van der Waals surface area contributed by atoms with Crippen LogP contribution in [0.25, 0.3) is 5.52 Å². The normalized spacial score (nSPS) is 10.4. The number of nitriles is 1. The van der Waals surface area contributed by atoms with Crippen LogP contribution < -0.4 is 5.56 Å². The van der Waals surface area contributed by atoms with Gasteiger partial charge in [0.25, 0.3) is 5.56 Å². The van der Waals surface area contributed by atoms with E-state index in [4.69, 9.17) is 10.00 Å². The van der Waals surface area contributed by atoms with Crippen LogP contribution in [-0.2, 0) is 11.2 Å². The molecule has 0 aliphatic rings. The molecule has 25 heavy (non-hydrogen) atoms. The van der Waals surface area contributed by atoms with Crippen LogP contribution in [0.5, 0.6) is 0 Å². The number of carbonyl (C=O) groups is 1. The number of carbonyl (C=O) groups excluding carboxylic acids is 1. The minimum Gasteiger partial charge on any atom is -0.462 e. The van der Waals surface area contributed by atoms with Crippen molar-refractivity contribution in [3.05, 3.63) is 86.2 Å². The topological polar surface area (TPSA) is 71.6 Å². The van der Waals surface area contributed by atoms with Gasteiger partial charge in [-0.15, -0.1) is 0 Å². The van der Waals surface area contributed by atoms with Crippen molar-refractivity contribution in [2.45, 2.75) is 6.42 Å². The predicted octanol–water partition coefficient (Wildman–Crippen LogP) is 3.33. The summed E-state index contributed by atoms with van der Waals surface area (Å²) in [6.07, 6.45) is 2.10. The molecule has 2 aromatic heterocycles. The number of halogens is 1. The number of aromatic nitrogens is 1. The molecule has 0 fully saturated rings. The minimum atomic E-state index is -0.558. The van der Waals surface area contributed by atoms with Crippen LogP contribution >= 0.6 is 15.9 Å². The number of pyridine rings is 2. The Morgan fingerprint density at radius 2 is 1.96 bits per heavy atom. The van der Waals surface area contributed by atoms with Crippen molar-refractivity contribution in [1.82, 2.24) is 4.40 Å². The van der Waals surface area contributed by atoms with Gasteiger partial charge >= 0.3 is 5.97 Å². The molecular weight excluding hydrogens is 384 g/mol. The molecule has 0 unspecified atom stereocenters. The molecule has 0 radical (unpaired) electrons. The van der Waals surface area contributed by atoms with Gasteiger partial charge < -0.3 is 4.74 Å². The fraction of sp³-hybridized carbons (Fsp3) is 0.105. The maximum Gasteiger partial charge on any atom is 0.340 e.